The van der Waals surface area contributed by atoms with E-state index in [0.717, 1.165) is 88.5 Å². The summed E-state index contributed by atoms with van der Waals surface area (Å²) in [4.78, 5) is 34.5. The lowest BCUT2D eigenvalue weighted by Gasteiger charge is -2.38. The first-order valence-electron chi connectivity index (χ1n) is 13.9. The number of fused-ring (bicyclic) bond motifs is 1. The minimum atomic E-state index is -0.511. The molecule has 2 aliphatic heterocycles. The predicted octanol–water partition coefficient (Wildman–Crippen LogP) is 6.68. The first kappa shape index (κ1) is 31.0. The van der Waals surface area contributed by atoms with E-state index in [1.54, 1.807) is 6.08 Å². The molecule has 2 aromatic carbocycles. The number of amides is 3. The quantitative estimate of drug-likeness (QED) is 0.196. The summed E-state index contributed by atoms with van der Waals surface area (Å²) < 4.78 is 19.8. The number of benzene rings is 2. The van der Waals surface area contributed by atoms with Crippen LogP contribution in [0, 0.1) is 20.8 Å². The van der Waals surface area contributed by atoms with Crippen LogP contribution in [0.25, 0.3) is 6.08 Å². The van der Waals surface area contributed by atoms with Crippen molar-refractivity contribution in [3.8, 4) is 17.2 Å². The monoisotopic (exact) mass is 644 g/mol. The highest BCUT2D eigenvalue weighted by Crippen LogP contribution is 2.44. The van der Waals surface area contributed by atoms with E-state index in [2.05, 4.69) is 48.9 Å². The molecule has 8 nitrogen and oxygen atoms in total. The molecule has 1 atom stereocenters. The molecule has 0 aromatic heterocycles. The fourth-order valence-corrected chi connectivity index (χ4v) is 6.25. The van der Waals surface area contributed by atoms with Gasteiger partial charge in [0.2, 0.25) is 5.91 Å². The van der Waals surface area contributed by atoms with Gasteiger partial charge in [0.25, 0.3) is 11.1 Å². The average Bonchev–Trinajstić information content (AvgIpc) is 3.23. The van der Waals surface area contributed by atoms with Crippen LogP contribution in [0.1, 0.15) is 73.3 Å². The maximum absolute atomic E-state index is 11.8. The van der Waals surface area contributed by atoms with Crippen LogP contribution in [-0.2, 0) is 16.0 Å². The normalized spacial score (nSPS) is 19.1. The van der Waals surface area contributed by atoms with E-state index in [1.807, 2.05) is 18.2 Å². The molecule has 0 bridgehead atoms. The third-order valence-electron chi connectivity index (χ3n) is 7.56. The number of hydrogen-bond donors (Lipinski definition) is 2. The minimum absolute atomic E-state index is 0.242. The molecule has 41 heavy (non-hydrogen) atoms. The van der Waals surface area contributed by atoms with Gasteiger partial charge in [0, 0.05) is 12.0 Å². The topological polar surface area (TPSA) is 117 Å². The van der Waals surface area contributed by atoms with Gasteiger partial charge in [-0.15, -0.1) is 0 Å². The predicted molar refractivity (Wildman–Crippen MR) is 165 cm³/mol. The van der Waals surface area contributed by atoms with Crippen molar-refractivity contribution in [2.75, 3.05) is 13.2 Å². The maximum Gasteiger partial charge on any atom is 0.290 e. The lowest BCUT2D eigenvalue weighted by atomic mass is 9.87. The number of imide groups is 1. The second kappa shape index (κ2) is 13.3. The Labute approximate surface area is 253 Å². The van der Waals surface area contributed by atoms with E-state index in [1.165, 1.54) is 5.56 Å². The Kier molecular flexibility index (Phi) is 10.1. The molecular weight excluding hydrogens is 608 g/mol. The summed E-state index contributed by atoms with van der Waals surface area (Å²) in [5.41, 5.74) is 9.97. The number of carbonyl (C=O) groups is 3. The molecule has 3 amide bonds. The SMILES string of the molecule is Cc1c(C)c2c(c(C)c1OCCCCCCC(N)=O)CCC(C)(COc1ccc(/C=C3/SC(=O)NC3=O)cc1Br)O2. The molecule has 10 heteroatoms. The van der Waals surface area contributed by atoms with E-state index >= 15 is 0 Å². The molecule has 1 fully saturated rings. The van der Waals surface area contributed by atoms with Crippen LogP contribution < -0.4 is 25.3 Å². The summed E-state index contributed by atoms with van der Waals surface area (Å²) in [5, 5.41) is 1.90. The van der Waals surface area contributed by atoms with E-state index in [0.29, 0.717) is 30.3 Å². The van der Waals surface area contributed by atoms with Crippen molar-refractivity contribution in [3.05, 3.63) is 55.4 Å². The maximum atomic E-state index is 11.8. The van der Waals surface area contributed by atoms with Crippen molar-refractivity contribution >= 4 is 50.8 Å². The summed E-state index contributed by atoms with van der Waals surface area (Å²) in [5.74, 6) is 1.91. The molecule has 0 spiro atoms. The Hall–Kier alpha value is -2.98. The van der Waals surface area contributed by atoms with Crippen molar-refractivity contribution in [3.63, 3.8) is 0 Å². The number of hydrogen-bond acceptors (Lipinski definition) is 7. The molecule has 0 aliphatic carbocycles. The number of nitrogens with one attached hydrogen (secondary N) is 1. The van der Waals surface area contributed by atoms with Crippen LogP contribution >= 0.6 is 27.7 Å². The fraction of sp³-hybridized carbons (Fsp3) is 0.452. The van der Waals surface area contributed by atoms with E-state index in [-0.39, 0.29) is 17.1 Å². The van der Waals surface area contributed by atoms with Gasteiger partial charge < -0.3 is 19.9 Å². The van der Waals surface area contributed by atoms with Gasteiger partial charge in [-0.05, 0) is 122 Å². The Morgan fingerprint density at radius 3 is 2.56 bits per heavy atom. The number of nitrogens with two attached hydrogens (primary N) is 1. The molecule has 220 valence electrons. The Morgan fingerprint density at radius 2 is 1.88 bits per heavy atom. The van der Waals surface area contributed by atoms with Crippen molar-refractivity contribution in [1.29, 1.82) is 0 Å². The number of carbonyl (C=O) groups excluding carboxylic acids is 3. The van der Waals surface area contributed by atoms with Crippen LogP contribution in [0.3, 0.4) is 0 Å². The first-order valence-corrected chi connectivity index (χ1v) is 15.5. The summed E-state index contributed by atoms with van der Waals surface area (Å²) in [6, 6.07) is 5.55. The van der Waals surface area contributed by atoms with Crippen molar-refractivity contribution in [1.82, 2.24) is 5.32 Å². The summed E-state index contributed by atoms with van der Waals surface area (Å²) in [6.45, 7) is 9.34. The Balaban J connectivity index is 1.37. The Bertz CT molecular complexity index is 1390. The number of thioether (sulfide) groups is 1. The number of halogens is 1. The Morgan fingerprint density at radius 1 is 1.12 bits per heavy atom. The molecule has 2 aliphatic rings. The van der Waals surface area contributed by atoms with Gasteiger partial charge in [0.1, 0.15) is 29.5 Å². The van der Waals surface area contributed by atoms with Gasteiger partial charge in [-0.3, -0.25) is 19.7 Å². The first-order chi connectivity index (χ1) is 19.5. The largest absolute Gasteiger partial charge is 0.493 e. The highest BCUT2D eigenvalue weighted by molar-refractivity contribution is 9.10. The van der Waals surface area contributed by atoms with Gasteiger partial charge in [0.15, 0.2) is 0 Å². The fourth-order valence-electron chi connectivity index (χ4n) is 5.06. The molecule has 2 aromatic rings. The number of primary amides is 1. The second-order valence-electron chi connectivity index (χ2n) is 10.9. The molecule has 0 saturated carbocycles. The minimum Gasteiger partial charge on any atom is -0.493 e. The number of rotatable bonds is 12. The molecular formula is C31H37BrN2O6S. The number of unbranched alkanes of at least 4 members (excludes halogenated alkanes) is 3. The molecule has 4 rings (SSSR count). The van der Waals surface area contributed by atoms with Crippen LogP contribution in [-0.4, -0.2) is 35.9 Å². The van der Waals surface area contributed by atoms with Crippen LogP contribution in [0.5, 0.6) is 17.2 Å². The molecule has 0 radical (unpaired) electrons. The van der Waals surface area contributed by atoms with Gasteiger partial charge >= 0.3 is 0 Å². The van der Waals surface area contributed by atoms with Crippen LogP contribution in [0.15, 0.2) is 27.6 Å². The lowest BCUT2D eigenvalue weighted by Crippen LogP contribution is -2.42. The van der Waals surface area contributed by atoms with E-state index in [9.17, 15) is 14.4 Å². The van der Waals surface area contributed by atoms with Crippen LogP contribution in [0.4, 0.5) is 4.79 Å². The van der Waals surface area contributed by atoms with E-state index < -0.39 is 5.60 Å². The van der Waals surface area contributed by atoms with Crippen molar-refractivity contribution < 1.29 is 28.6 Å². The van der Waals surface area contributed by atoms with Gasteiger partial charge in [-0.2, -0.15) is 0 Å². The standard InChI is InChI=1S/C31H37BrN2O6S/c1-18-19(2)28-22(20(3)27(18)38-14-8-6-5-7-9-26(33)35)12-13-31(4,40-28)17-39-24-11-10-21(15-23(24)32)16-25-29(36)34-30(37)41-25/h10-11,15-16H,5-9,12-14,17H2,1-4H3,(H2,33,35)(H,34,36,37)/b25-16+. The highest BCUT2D eigenvalue weighted by atomic mass is 79.9. The lowest BCUT2D eigenvalue weighted by molar-refractivity contribution is -0.118. The molecule has 1 saturated heterocycles. The summed E-state index contributed by atoms with van der Waals surface area (Å²) in [7, 11) is 0. The van der Waals surface area contributed by atoms with Gasteiger partial charge in [0.05, 0.1) is 16.0 Å². The second-order valence-corrected chi connectivity index (χ2v) is 12.7. The third-order valence-corrected chi connectivity index (χ3v) is 8.99. The van der Waals surface area contributed by atoms with E-state index in [4.69, 9.17) is 19.9 Å². The smallest absolute Gasteiger partial charge is 0.290 e. The van der Waals surface area contributed by atoms with Crippen molar-refractivity contribution in [2.24, 2.45) is 5.73 Å². The summed E-state index contributed by atoms with van der Waals surface area (Å²) in [6.07, 6.45) is 7.52. The zero-order valence-electron chi connectivity index (χ0n) is 24.0. The van der Waals surface area contributed by atoms with Crippen molar-refractivity contribution in [2.45, 2.75) is 78.2 Å². The average molecular weight is 646 g/mol. The number of ether oxygens (including phenoxy) is 3. The molecule has 2 heterocycles. The van der Waals surface area contributed by atoms with Gasteiger partial charge in [-0.25, -0.2) is 0 Å². The van der Waals surface area contributed by atoms with Crippen LogP contribution in [0.2, 0.25) is 0 Å². The van der Waals surface area contributed by atoms with Gasteiger partial charge in [-0.1, -0.05) is 18.9 Å². The zero-order chi connectivity index (χ0) is 29.7. The highest BCUT2D eigenvalue weighted by Gasteiger charge is 2.36. The molecule has 3 N–H and O–H groups in total. The third kappa shape index (κ3) is 7.65. The summed E-state index contributed by atoms with van der Waals surface area (Å²) >= 11 is 4.46. The molecule has 1 unspecified atom stereocenters. The zero-order valence-corrected chi connectivity index (χ0v) is 26.4.